The number of carbonyl (C=O) groups is 1. The standard InChI is InChI=1S/C17H18Cl2N2O3S/c1-23-14-3-2-12(18)8-13(14)16(22)20-17-21(10-15(19)25-17)9-11-4-6-24-7-5-11/h2-3,8,10-11H,4-7,9H2,1H3. The average molecular weight is 401 g/mol. The predicted molar refractivity (Wildman–Crippen MR) is 98.8 cm³/mol. The van der Waals surface area contributed by atoms with Crippen molar-refractivity contribution in [1.29, 1.82) is 0 Å². The van der Waals surface area contributed by atoms with Gasteiger partial charge in [-0.2, -0.15) is 4.99 Å². The van der Waals surface area contributed by atoms with Gasteiger partial charge >= 0.3 is 0 Å². The number of methoxy groups -OCH3 is 1. The highest BCUT2D eigenvalue weighted by molar-refractivity contribution is 7.13. The molecule has 134 valence electrons. The number of thiazole rings is 1. The van der Waals surface area contributed by atoms with Crippen LogP contribution in [0.4, 0.5) is 0 Å². The number of amides is 1. The van der Waals surface area contributed by atoms with E-state index in [1.54, 1.807) is 18.2 Å². The molecule has 0 atom stereocenters. The Labute approximate surface area is 159 Å². The Morgan fingerprint density at radius 3 is 2.88 bits per heavy atom. The Bertz CT molecular complexity index is 826. The lowest BCUT2D eigenvalue weighted by molar-refractivity contribution is 0.0610. The predicted octanol–water partition coefficient (Wildman–Crippen LogP) is 4.03. The molecule has 1 amide bonds. The third-order valence-electron chi connectivity index (χ3n) is 4.08. The van der Waals surface area contributed by atoms with Crippen LogP contribution in [-0.4, -0.2) is 30.8 Å². The zero-order chi connectivity index (χ0) is 17.8. The van der Waals surface area contributed by atoms with Gasteiger partial charge in [0.1, 0.15) is 10.1 Å². The quantitative estimate of drug-likeness (QED) is 0.777. The van der Waals surface area contributed by atoms with Gasteiger partial charge in [-0.25, -0.2) is 0 Å². The normalized spacial score (nSPS) is 16.2. The number of benzene rings is 1. The summed E-state index contributed by atoms with van der Waals surface area (Å²) in [6.45, 7) is 2.31. The molecule has 0 saturated carbocycles. The van der Waals surface area contributed by atoms with E-state index in [9.17, 15) is 4.79 Å². The summed E-state index contributed by atoms with van der Waals surface area (Å²) >= 11 is 13.4. The first-order valence-corrected chi connectivity index (χ1v) is 9.50. The maximum absolute atomic E-state index is 12.6. The van der Waals surface area contributed by atoms with Crippen LogP contribution < -0.4 is 9.54 Å². The summed E-state index contributed by atoms with van der Waals surface area (Å²) in [5.41, 5.74) is 0.331. The van der Waals surface area contributed by atoms with Crippen LogP contribution >= 0.6 is 34.5 Å². The van der Waals surface area contributed by atoms with E-state index < -0.39 is 5.91 Å². The maximum atomic E-state index is 12.6. The van der Waals surface area contributed by atoms with Crippen molar-refractivity contribution < 1.29 is 14.3 Å². The van der Waals surface area contributed by atoms with Crippen LogP contribution in [0.2, 0.25) is 9.36 Å². The summed E-state index contributed by atoms with van der Waals surface area (Å²) in [5.74, 6) is 0.532. The van der Waals surface area contributed by atoms with Crippen molar-refractivity contribution in [3.8, 4) is 5.75 Å². The lowest BCUT2D eigenvalue weighted by Crippen LogP contribution is -2.25. The van der Waals surface area contributed by atoms with Gasteiger partial charge in [-0.05, 0) is 37.0 Å². The molecule has 3 rings (SSSR count). The van der Waals surface area contributed by atoms with Crippen LogP contribution in [-0.2, 0) is 11.3 Å². The number of carbonyl (C=O) groups excluding carboxylic acids is 1. The fourth-order valence-electron chi connectivity index (χ4n) is 2.77. The van der Waals surface area contributed by atoms with Crippen LogP contribution in [0.3, 0.4) is 0 Å². The summed E-state index contributed by atoms with van der Waals surface area (Å²) in [6.07, 6.45) is 3.81. The molecule has 5 nitrogen and oxygen atoms in total. The molecule has 8 heteroatoms. The van der Waals surface area contributed by atoms with Crippen molar-refractivity contribution in [3.05, 3.63) is 44.1 Å². The minimum atomic E-state index is -0.404. The molecule has 0 bridgehead atoms. The molecule has 1 saturated heterocycles. The van der Waals surface area contributed by atoms with Gasteiger partial charge in [0.2, 0.25) is 0 Å². The molecule has 0 radical (unpaired) electrons. The zero-order valence-corrected chi connectivity index (χ0v) is 16.0. The number of halogens is 2. The molecule has 1 fully saturated rings. The van der Waals surface area contributed by atoms with Crippen molar-refractivity contribution >= 4 is 40.4 Å². The second kappa shape index (κ2) is 8.36. The summed E-state index contributed by atoms with van der Waals surface area (Å²) < 4.78 is 13.2. The topological polar surface area (TPSA) is 52.8 Å². The van der Waals surface area contributed by atoms with Crippen LogP contribution in [0.5, 0.6) is 5.75 Å². The third-order valence-corrected chi connectivity index (χ3v) is 5.45. The molecular weight excluding hydrogens is 383 g/mol. The lowest BCUT2D eigenvalue weighted by atomic mass is 10.0. The molecular formula is C17H18Cl2N2O3S. The minimum absolute atomic E-state index is 0.331. The van der Waals surface area contributed by atoms with E-state index in [1.165, 1.54) is 18.4 Å². The molecule has 2 heterocycles. The molecule has 25 heavy (non-hydrogen) atoms. The minimum Gasteiger partial charge on any atom is -0.496 e. The fourth-order valence-corrected chi connectivity index (χ4v) is 3.99. The first kappa shape index (κ1) is 18.5. The largest absolute Gasteiger partial charge is 0.496 e. The second-order valence-corrected chi connectivity index (χ2v) is 7.86. The van der Waals surface area contributed by atoms with E-state index in [0.717, 1.165) is 32.6 Å². The molecule has 0 N–H and O–H groups in total. The molecule has 0 aliphatic carbocycles. The van der Waals surface area contributed by atoms with Gasteiger partial charge in [0.15, 0.2) is 4.80 Å². The van der Waals surface area contributed by atoms with E-state index in [0.29, 0.717) is 31.4 Å². The van der Waals surface area contributed by atoms with Crippen molar-refractivity contribution in [2.75, 3.05) is 20.3 Å². The van der Waals surface area contributed by atoms with E-state index in [4.69, 9.17) is 32.7 Å². The Balaban J connectivity index is 1.90. The van der Waals surface area contributed by atoms with Gasteiger partial charge in [-0.3, -0.25) is 4.79 Å². The van der Waals surface area contributed by atoms with Crippen LogP contribution in [0.15, 0.2) is 29.4 Å². The molecule has 2 aromatic rings. The molecule has 1 aliphatic rings. The van der Waals surface area contributed by atoms with E-state index in [1.807, 2.05) is 10.8 Å². The zero-order valence-electron chi connectivity index (χ0n) is 13.7. The SMILES string of the molecule is COc1ccc(Cl)cc1C(=O)N=c1sc(Cl)cn1CC1CCOCC1. The Hall–Kier alpha value is -1.34. The van der Waals surface area contributed by atoms with Crippen LogP contribution in [0, 0.1) is 5.92 Å². The highest BCUT2D eigenvalue weighted by atomic mass is 35.5. The fraction of sp³-hybridized carbons (Fsp3) is 0.412. The third kappa shape index (κ3) is 4.64. The van der Waals surface area contributed by atoms with E-state index >= 15 is 0 Å². The summed E-state index contributed by atoms with van der Waals surface area (Å²) in [6, 6.07) is 4.89. The second-order valence-electron chi connectivity index (χ2n) is 5.79. The highest BCUT2D eigenvalue weighted by Gasteiger charge is 2.17. The first-order chi connectivity index (χ1) is 12.1. The highest BCUT2D eigenvalue weighted by Crippen LogP contribution is 2.24. The molecule has 0 unspecified atom stereocenters. The van der Waals surface area contributed by atoms with E-state index in [-0.39, 0.29) is 0 Å². The van der Waals surface area contributed by atoms with Gasteiger partial charge in [0.05, 0.1) is 12.7 Å². The van der Waals surface area contributed by atoms with Crippen molar-refractivity contribution in [2.24, 2.45) is 10.9 Å². The molecule has 0 spiro atoms. The number of hydrogen-bond acceptors (Lipinski definition) is 4. The Morgan fingerprint density at radius 1 is 1.40 bits per heavy atom. The van der Waals surface area contributed by atoms with Gasteiger partial charge in [-0.15, -0.1) is 0 Å². The number of rotatable bonds is 4. The lowest BCUT2D eigenvalue weighted by Gasteiger charge is -2.22. The number of nitrogens with zero attached hydrogens (tertiary/aromatic N) is 2. The first-order valence-electron chi connectivity index (χ1n) is 7.93. The summed E-state index contributed by atoms with van der Waals surface area (Å²) in [7, 11) is 1.51. The molecule has 1 aromatic carbocycles. The molecule has 1 aromatic heterocycles. The maximum Gasteiger partial charge on any atom is 0.283 e. The van der Waals surface area contributed by atoms with Crippen LogP contribution in [0.1, 0.15) is 23.2 Å². The Kier molecular flexibility index (Phi) is 6.17. The van der Waals surface area contributed by atoms with Gasteiger partial charge in [-0.1, -0.05) is 34.5 Å². The number of aromatic nitrogens is 1. The van der Waals surface area contributed by atoms with Gasteiger partial charge in [0, 0.05) is 31.0 Å². The van der Waals surface area contributed by atoms with Gasteiger partial charge < -0.3 is 14.0 Å². The average Bonchev–Trinajstić information content (AvgIpc) is 2.94. The molecule has 1 aliphatic heterocycles. The van der Waals surface area contributed by atoms with Crippen molar-refractivity contribution in [2.45, 2.75) is 19.4 Å². The Morgan fingerprint density at radius 2 is 2.16 bits per heavy atom. The number of ether oxygens (including phenoxy) is 2. The summed E-state index contributed by atoms with van der Waals surface area (Å²) in [4.78, 5) is 17.5. The van der Waals surface area contributed by atoms with E-state index in [2.05, 4.69) is 4.99 Å². The monoisotopic (exact) mass is 400 g/mol. The number of hydrogen-bond donors (Lipinski definition) is 0. The van der Waals surface area contributed by atoms with Gasteiger partial charge in [0.25, 0.3) is 5.91 Å². The summed E-state index contributed by atoms with van der Waals surface area (Å²) in [5, 5.41) is 0.457. The smallest absolute Gasteiger partial charge is 0.283 e. The van der Waals surface area contributed by atoms with Crippen molar-refractivity contribution in [1.82, 2.24) is 4.57 Å². The van der Waals surface area contributed by atoms with Crippen molar-refractivity contribution in [3.63, 3.8) is 0 Å². The van der Waals surface area contributed by atoms with Crippen LogP contribution in [0.25, 0.3) is 0 Å².